The first-order chi connectivity index (χ1) is 15.0. The lowest BCUT2D eigenvalue weighted by Gasteiger charge is -2.31. The number of halogens is 1. The molecule has 1 unspecified atom stereocenters. The maximum atomic E-state index is 13.4. The number of imide groups is 1. The Kier molecular flexibility index (Phi) is 4.97. The van der Waals surface area contributed by atoms with Crippen molar-refractivity contribution in [3.8, 4) is 5.75 Å². The Morgan fingerprint density at radius 3 is 2.42 bits per heavy atom. The molecule has 2 aromatic carbocycles. The number of nitrogens with zero attached hydrogens (tertiary/aromatic N) is 3. The Bertz CT molecular complexity index is 1240. The first-order valence-electron chi connectivity index (χ1n) is 10.4. The van der Waals surface area contributed by atoms with E-state index < -0.39 is 6.04 Å². The van der Waals surface area contributed by atoms with Gasteiger partial charge in [0, 0.05) is 16.9 Å². The van der Waals surface area contributed by atoms with Crippen LogP contribution in [-0.4, -0.2) is 33.0 Å². The van der Waals surface area contributed by atoms with Crippen molar-refractivity contribution in [2.75, 3.05) is 7.11 Å². The van der Waals surface area contributed by atoms with Crippen LogP contribution in [0.1, 0.15) is 43.3 Å². The van der Waals surface area contributed by atoms with Crippen molar-refractivity contribution in [2.45, 2.75) is 44.3 Å². The van der Waals surface area contributed by atoms with Gasteiger partial charge in [0.1, 0.15) is 11.8 Å². The molecule has 3 aromatic rings. The lowest BCUT2D eigenvalue weighted by atomic mass is 10.0. The van der Waals surface area contributed by atoms with Crippen LogP contribution in [0, 0.1) is 0 Å². The number of amides is 2. The fourth-order valence-electron chi connectivity index (χ4n) is 4.36. The van der Waals surface area contributed by atoms with E-state index in [1.165, 1.54) is 4.90 Å². The molecule has 2 fully saturated rings. The van der Waals surface area contributed by atoms with Crippen molar-refractivity contribution in [3.63, 3.8) is 0 Å². The smallest absolute Gasteiger partial charge is 0.330 e. The standard InChI is InChI=1S/C23H22BrN3O4/c1-31-16-9-5-14(6-10-16)13-25-20(28)12-11-19(22(25)29)27-18-4-2-3-17(24)21(18)26(23(27)30)15-7-8-15/h2-6,9-10,15,19H,7-8,11-13H2,1H3. The van der Waals surface area contributed by atoms with Gasteiger partial charge < -0.3 is 4.74 Å². The lowest BCUT2D eigenvalue weighted by molar-refractivity contribution is -0.151. The second-order valence-corrected chi connectivity index (χ2v) is 8.94. The predicted octanol–water partition coefficient (Wildman–Crippen LogP) is 3.80. The molecule has 1 aromatic heterocycles. The second-order valence-electron chi connectivity index (χ2n) is 8.08. The Morgan fingerprint density at radius 2 is 1.74 bits per heavy atom. The van der Waals surface area contributed by atoms with Crippen molar-refractivity contribution in [2.24, 2.45) is 0 Å². The first kappa shape index (κ1) is 20.1. The van der Waals surface area contributed by atoms with Gasteiger partial charge in [0.2, 0.25) is 5.91 Å². The number of likely N-dealkylation sites (tertiary alicyclic amines) is 1. The summed E-state index contributed by atoms with van der Waals surface area (Å²) in [5.74, 6) is 0.171. The van der Waals surface area contributed by atoms with Crippen molar-refractivity contribution in [1.29, 1.82) is 0 Å². The normalized spacial score (nSPS) is 19.3. The van der Waals surface area contributed by atoms with E-state index in [1.807, 2.05) is 30.3 Å². The van der Waals surface area contributed by atoms with Gasteiger partial charge in [0.05, 0.1) is 24.7 Å². The summed E-state index contributed by atoms with van der Waals surface area (Å²) >= 11 is 3.58. The molecule has 5 rings (SSSR count). The van der Waals surface area contributed by atoms with E-state index in [0.29, 0.717) is 12.2 Å². The van der Waals surface area contributed by atoms with Crippen LogP contribution in [0.4, 0.5) is 0 Å². The van der Waals surface area contributed by atoms with Crippen LogP contribution in [0.15, 0.2) is 51.7 Å². The number of ether oxygens (including phenoxy) is 1. The Balaban J connectivity index is 1.54. The third kappa shape index (κ3) is 3.39. The minimum absolute atomic E-state index is 0.172. The molecule has 1 atom stereocenters. The monoisotopic (exact) mass is 483 g/mol. The molecule has 0 bridgehead atoms. The average molecular weight is 484 g/mol. The summed E-state index contributed by atoms with van der Waals surface area (Å²) in [5, 5.41) is 0. The van der Waals surface area contributed by atoms with E-state index >= 15 is 0 Å². The lowest BCUT2D eigenvalue weighted by Crippen LogP contribution is -2.47. The summed E-state index contributed by atoms with van der Waals surface area (Å²) in [5.41, 5.74) is 2.20. The van der Waals surface area contributed by atoms with Crippen molar-refractivity contribution in [3.05, 3.63) is 63.0 Å². The van der Waals surface area contributed by atoms with E-state index in [1.54, 1.807) is 28.4 Å². The average Bonchev–Trinajstić information content (AvgIpc) is 3.56. The maximum Gasteiger partial charge on any atom is 0.330 e. The van der Waals surface area contributed by atoms with Crippen LogP contribution in [0.5, 0.6) is 5.75 Å². The van der Waals surface area contributed by atoms with Gasteiger partial charge in [-0.25, -0.2) is 4.79 Å². The molecule has 1 saturated carbocycles. The molecular formula is C23H22BrN3O4. The summed E-state index contributed by atoms with van der Waals surface area (Å²) in [6.07, 6.45) is 2.47. The van der Waals surface area contributed by atoms with Gasteiger partial charge in [-0.05, 0) is 65.0 Å². The molecule has 7 nitrogen and oxygen atoms in total. The Morgan fingerprint density at radius 1 is 1.00 bits per heavy atom. The molecule has 2 amide bonds. The maximum absolute atomic E-state index is 13.4. The number of piperidine rings is 1. The van der Waals surface area contributed by atoms with Gasteiger partial charge in [0.15, 0.2) is 0 Å². The molecule has 0 N–H and O–H groups in total. The third-order valence-corrected chi connectivity index (χ3v) is 6.73. The predicted molar refractivity (Wildman–Crippen MR) is 119 cm³/mol. The van der Waals surface area contributed by atoms with Crippen molar-refractivity contribution in [1.82, 2.24) is 14.0 Å². The largest absolute Gasteiger partial charge is 0.497 e. The summed E-state index contributed by atoms with van der Waals surface area (Å²) in [6, 6.07) is 12.4. The summed E-state index contributed by atoms with van der Waals surface area (Å²) in [7, 11) is 1.59. The minimum Gasteiger partial charge on any atom is -0.497 e. The number of rotatable bonds is 5. The van der Waals surface area contributed by atoms with Crippen LogP contribution in [0.2, 0.25) is 0 Å². The van der Waals surface area contributed by atoms with Crippen LogP contribution >= 0.6 is 15.9 Å². The quantitative estimate of drug-likeness (QED) is 0.517. The molecule has 0 radical (unpaired) electrons. The molecule has 31 heavy (non-hydrogen) atoms. The van der Waals surface area contributed by atoms with Gasteiger partial charge in [-0.3, -0.25) is 23.6 Å². The fourth-order valence-corrected chi connectivity index (χ4v) is 4.91. The number of imidazole rings is 1. The number of hydrogen-bond donors (Lipinski definition) is 0. The van der Waals surface area contributed by atoms with E-state index in [9.17, 15) is 14.4 Å². The number of fused-ring (bicyclic) bond motifs is 1. The minimum atomic E-state index is -0.694. The van der Waals surface area contributed by atoms with Gasteiger partial charge in [-0.2, -0.15) is 0 Å². The molecule has 160 valence electrons. The summed E-state index contributed by atoms with van der Waals surface area (Å²) in [6.45, 7) is 0.178. The van der Waals surface area contributed by atoms with Crippen LogP contribution < -0.4 is 10.4 Å². The molecule has 1 aliphatic heterocycles. The highest BCUT2D eigenvalue weighted by molar-refractivity contribution is 9.10. The van der Waals surface area contributed by atoms with Crippen LogP contribution in [0.25, 0.3) is 11.0 Å². The number of carbonyl (C=O) groups is 2. The highest BCUT2D eigenvalue weighted by atomic mass is 79.9. The number of methoxy groups -OCH3 is 1. The number of hydrogen-bond acceptors (Lipinski definition) is 4. The molecule has 2 aliphatic rings. The van der Waals surface area contributed by atoms with E-state index in [4.69, 9.17) is 4.74 Å². The Labute approximate surface area is 187 Å². The van der Waals surface area contributed by atoms with Gasteiger partial charge in [0.25, 0.3) is 5.91 Å². The van der Waals surface area contributed by atoms with Gasteiger partial charge in [-0.1, -0.05) is 18.2 Å². The molecule has 8 heteroatoms. The van der Waals surface area contributed by atoms with Crippen molar-refractivity contribution >= 4 is 38.8 Å². The topological polar surface area (TPSA) is 73.5 Å². The van der Waals surface area contributed by atoms with Crippen molar-refractivity contribution < 1.29 is 14.3 Å². The Hall–Kier alpha value is -2.87. The first-order valence-corrected chi connectivity index (χ1v) is 11.2. The molecule has 1 aliphatic carbocycles. The molecular weight excluding hydrogens is 462 g/mol. The molecule has 0 spiro atoms. The number of aromatic nitrogens is 2. The third-order valence-electron chi connectivity index (χ3n) is 6.09. The van der Waals surface area contributed by atoms with E-state index in [2.05, 4.69) is 15.9 Å². The van der Waals surface area contributed by atoms with E-state index in [-0.39, 0.29) is 36.5 Å². The SMILES string of the molecule is COc1ccc(CN2C(=O)CCC(n3c(=O)n(C4CC4)c4c(Br)cccc43)C2=O)cc1. The number of carbonyl (C=O) groups excluding carboxylic acids is 2. The second kappa shape index (κ2) is 7.67. The molecule has 2 heterocycles. The molecule has 1 saturated heterocycles. The zero-order valence-corrected chi connectivity index (χ0v) is 18.7. The summed E-state index contributed by atoms with van der Waals surface area (Å²) < 4.78 is 9.40. The van der Waals surface area contributed by atoms with Gasteiger partial charge >= 0.3 is 5.69 Å². The van der Waals surface area contributed by atoms with Crippen LogP contribution in [0.3, 0.4) is 0 Å². The zero-order valence-electron chi connectivity index (χ0n) is 17.1. The highest BCUT2D eigenvalue weighted by Crippen LogP contribution is 2.39. The van der Waals surface area contributed by atoms with E-state index in [0.717, 1.165) is 33.9 Å². The summed E-state index contributed by atoms with van der Waals surface area (Å²) in [4.78, 5) is 40.8. The number of para-hydroxylation sites is 1. The number of benzene rings is 2. The zero-order chi connectivity index (χ0) is 21.7. The van der Waals surface area contributed by atoms with Gasteiger partial charge in [-0.15, -0.1) is 0 Å². The van der Waals surface area contributed by atoms with Crippen LogP contribution in [-0.2, 0) is 16.1 Å². The fraction of sp³-hybridized carbons (Fsp3) is 0.348. The highest BCUT2D eigenvalue weighted by Gasteiger charge is 2.39.